The van der Waals surface area contributed by atoms with E-state index in [4.69, 9.17) is 4.74 Å². The lowest BCUT2D eigenvalue weighted by Gasteiger charge is -2.42. The summed E-state index contributed by atoms with van der Waals surface area (Å²) in [6, 6.07) is 10.9. The predicted molar refractivity (Wildman–Crippen MR) is 148 cm³/mol. The third-order valence-electron chi connectivity index (χ3n) is 8.32. The zero-order valence-corrected chi connectivity index (χ0v) is 22.8. The largest absolute Gasteiger partial charge is 0.504 e. The Morgan fingerprint density at radius 1 is 1.02 bits per heavy atom. The van der Waals surface area contributed by atoms with Crippen LogP contribution in [0, 0.1) is 17.8 Å². The van der Waals surface area contributed by atoms with Gasteiger partial charge >= 0.3 is 7.12 Å². The van der Waals surface area contributed by atoms with Crippen LogP contribution in [0.3, 0.4) is 0 Å². The molecule has 0 spiro atoms. The Morgan fingerprint density at radius 3 is 2.50 bits per heavy atom. The molecule has 0 saturated carbocycles. The number of hydrogen-bond donors (Lipinski definition) is 3. The second kappa shape index (κ2) is 9.69. The second-order valence-corrected chi connectivity index (χ2v) is 11.1. The Bertz CT molecular complexity index is 1610. The summed E-state index contributed by atoms with van der Waals surface area (Å²) >= 11 is 3.20. The third kappa shape index (κ3) is 3.83. The molecule has 11 heteroatoms. The number of imide groups is 1. The summed E-state index contributed by atoms with van der Waals surface area (Å²) in [7, 11) is -0.362. The lowest BCUT2D eigenvalue weighted by molar-refractivity contribution is -0.123. The third-order valence-corrected chi connectivity index (χ3v) is 8.91. The number of ketones is 2. The number of para-hydroxylation sites is 1. The van der Waals surface area contributed by atoms with Gasteiger partial charge in [-0.3, -0.25) is 24.1 Å². The number of rotatable bonds is 4. The van der Waals surface area contributed by atoms with Crippen LogP contribution in [0.15, 0.2) is 75.8 Å². The van der Waals surface area contributed by atoms with E-state index in [0.29, 0.717) is 11.1 Å². The number of nitrogens with zero attached hydrogens (tertiary/aromatic N) is 1. The molecule has 0 bridgehead atoms. The van der Waals surface area contributed by atoms with E-state index < -0.39 is 42.6 Å². The number of allylic oxidation sites excluding steroid dienone is 6. The van der Waals surface area contributed by atoms with Gasteiger partial charge in [0.1, 0.15) is 0 Å². The molecule has 2 amide bonds. The molecule has 1 saturated heterocycles. The lowest BCUT2D eigenvalue weighted by atomic mass is 9.59. The molecule has 6 rings (SSSR count). The van der Waals surface area contributed by atoms with Crippen LogP contribution in [-0.2, 0) is 19.2 Å². The number of halogens is 1. The SMILES string of the molecule is COc1cccc(C2C3=CCC4C(=O)N(c5cccc(B(O)O)c5)C(=O)C4C3CC3=C2C(=O)C=C(Br)C3=O)c1O. The number of anilines is 1. The summed E-state index contributed by atoms with van der Waals surface area (Å²) in [5.41, 5.74) is 1.92. The van der Waals surface area contributed by atoms with Crippen LogP contribution < -0.4 is 15.1 Å². The highest BCUT2D eigenvalue weighted by Crippen LogP contribution is 2.57. The molecule has 2 aromatic carbocycles. The molecule has 0 aromatic heterocycles. The molecule has 0 radical (unpaired) electrons. The number of methoxy groups -OCH3 is 1. The molecule has 4 unspecified atom stereocenters. The summed E-state index contributed by atoms with van der Waals surface area (Å²) in [6.07, 6.45) is 3.39. The van der Waals surface area contributed by atoms with E-state index in [-0.39, 0.29) is 62.7 Å². The summed E-state index contributed by atoms with van der Waals surface area (Å²) in [4.78, 5) is 55.3. The fraction of sp³-hybridized carbons (Fsp3) is 0.241. The van der Waals surface area contributed by atoms with Crippen molar-refractivity contribution in [2.45, 2.75) is 18.8 Å². The predicted octanol–water partition coefficient (Wildman–Crippen LogP) is 2.05. The van der Waals surface area contributed by atoms with Gasteiger partial charge in [0.05, 0.1) is 29.1 Å². The quantitative estimate of drug-likeness (QED) is 0.209. The van der Waals surface area contributed by atoms with Crippen molar-refractivity contribution in [3.05, 3.63) is 81.4 Å². The van der Waals surface area contributed by atoms with Gasteiger partial charge in [0.25, 0.3) is 0 Å². The minimum atomic E-state index is -1.77. The molecular weight excluding hydrogens is 581 g/mol. The number of hydrogen-bond acceptors (Lipinski definition) is 8. The number of phenols is 1. The Kier molecular flexibility index (Phi) is 6.40. The molecule has 1 aliphatic heterocycles. The average Bonchev–Trinajstić information content (AvgIpc) is 3.20. The molecule has 1 heterocycles. The van der Waals surface area contributed by atoms with Gasteiger partial charge in [-0.25, -0.2) is 0 Å². The molecule has 2 aromatic rings. The van der Waals surface area contributed by atoms with E-state index in [2.05, 4.69) is 15.9 Å². The van der Waals surface area contributed by atoms with Gasteiger partial charge in [-0.15, -0.1) is 0 Å². The van der Waals surface area contributed by atoms with Crippen molar-refractivity contribution in [3.8, 4) is 11.5 Å². The topological polar surface area (TPSA) is 141 Å². The Labute approximate surface area is 237 Å². The zero-order chi connectivity index (χ0) is 28.5. The summed E-state index contributed by atoms with van der Waals surface area (Å²) in [6.45, 7) is 0. The first kappa shape index (κ1) is 26.4. The first-order valence-electron chi connectivity index (χ1n) is 12.7. The fourth-order valence-corrected chi connectivity index (χ4v) is 7.03. The highest BCUT2D eigenvalue weighted by Gasteiger charge is 2.57. The van der Waals surface area contributed by atoms with Gasteiger partial charge in [-0.05, 0) is 58.4 Å². The molecule has 202 valence electrons. The van der Waals surface area contributed by atoms with Crippen LogP contribution in [0.2, 0.25) is 0 Å². The smallest absolute Gasteiger partial charge is 0.488 e. The van der Waals surface area contributed by atoms with Crippen LogP contribution in [0.1, 0.15) is 24.3 Å². The summed E-state index contributed by atoms with van der Waals surface area (Å²) in [5.74, 6) is -4.50. The monoisotopic (exact) mass is 603 g/mol. The number of Topliss-reactive ketones (excluding diaryl/α,β-unsaturated/α-hetero) is 1. The normalized spacial score (nSPS) is 25.8. The Hall–Kier alpha value is -3.80. The van der Waals surface area contributed by atoms with E-state index in [1.807, 2.05) is 6.08 Å². The van der Waals surface area contributed by atoms with Gasteiger partial charge in [-0.1, -0.05) is 35.9 Å². The van der Waals surface area contributed by atoms with Gasteiger partial charge in [-0.2, -0.15) is 0 Å². The Balaban J connectivity index is 1.49. The minimum absolute atomic E-state index is 0.0827. The maximum atomic E-state index is 14.0. The number of aromatic hydroxyl groups is 1. The number of ether oxygens (including phenoxy) is 1. The highest BCUT2D eigenvalue weighted by molar-refractivity contribution is 9.12. The molecule has 40 heavy (non-hydrogen) atoms. The van der Waals surface area contributed by atoms with Crippen molar-refractivity contribution in [2.75, 3.05) is 12.0 Å². The summed E-state index contributed by atoms with van der Waals surface area (Å²) < 4.78 is 5.42. The zero-order valence-electron chi connectivity index (χ0n) is 21.2. The first-order chi connectivity index (χ1) is 19.1. The van der Waals surface area contributed by atoms with Gasteiger partial charge in [0.15, 0.2) is 23.1 Å². The van der Waals surface area contributed by atoms with E-state index in [0.717, 1.165) is 4.90 Å². The average molecular weight is 604 g/mol. The molecule has 9 nitrogen and oxygen atoms in total. The number of amides is 2. The maximum Gasteiger partial charge on any atom is 0.488 e. The number of carbonyl (C=O) groups excluding carboxylic acids is 4. The van der Waals surface area contributed by atoms with Crippen molar-refractivity contribution in [1.29, 1.82) is 0 Å². The maximum absolute atomic E-state index is 14.0. The summed E-state index contributed by atoms with van der Waals surface area (Å²) in [5, 5.41) is 30.3. The number of fused-ring (bicyclic) bond motifs is 3. The van der Waals surface area contributed by atoms with Crippen LogP contribution in [0.25, 0.3) is 0 Å². The first-order valence-corrected chi connectivity index (χ1v) is 13.5. The molecule has 1 fully saturated rings. The number of phenolic OH excluding ortho intramolecular Hbond substituents is 1. The second-order valence-electron chi connectivity index (χ2n) is 10.3. The molecule has 4 aliphatic rings. The van der Waals surface area contributed by atoms with Crippen LogP contribution in [0.5, 0.6) is 11.5 Å². The molecule has 3 aliphatic carbocycles. The lowest BCUT2D eigenvalue weighted by Crippen LogP contribution is -2.39. The van der Waals surface area contributed by atoms with Gasteiger partial charge in [0.2, 0.25) is 11.8 Å². The van der Waals surface area contributed by atoms with Crippen LogP contribution in [-0.4, -0.2) is 52.8 Å². The van der Waals surface area contributed by atoms with Crippen LogP contribution >= 0.6 is 15.9 Å². The van der Waals surface area contributed by atoms with E-state index in [1.54, 1.807) is 24.3 Å². The molecular formula is C29H23BBrNO8. The van der Waals surface area contributed by atoms with Gasteiger partial charge < -0.3 is 19.9 Å². The highest BCUT2D eigenvalue weighted by atomic mass is 79.9. The standard InChI is InChI=1S/C29H23BBrNO8/c1-40-22-7-3-6-16(27(22)35)23-15-8-9-17-24(18(15)11-19-25(23)21(33)12-20(31)26(19)34)29(37)32(28(17)36)14-5-2-4-13(10-14)30(38)39/h2-8,10,12,17-18,23-24,35,38-39H,9,11H2,1H3. The van der Waals surface area contributed by atoms with Crippen molar-refractivity contribution in [1.82, 2.24) is 0 Å². The molecule has 3 N–H and O–H groups in total. The van der Waals surface area contributed by atoms with E-state index >= 15 is 0 Å². The number of benzene rings is 2. The van der Waals surface area contributed by atoms with E-state index in [1.165, 1.54) is 31.4 Å². The van der Waals surface area contributed by atoms with Crippen molar-refractivity contribution in [2.24, 2.45) is 17.8 Å². The Morgan fingerprint density at radius 2 is 1.77 bits per heavy atom. The van der Waals surface area contributed by atoms with Crippen LogP contribution in [0.4, 0.5) is 5.69 Å². The number of carbonyl (C=O) groups is 4. The van der Waals surface area contributed by atoms with Crippen molar-refractivity contribution in [3.63, 3.8) is 0 Å². The van der Waals surface area contributed by atoms with E-state index in [9.17, 15) is 34.3 Å². The van der Waals surface area contributed by atoms with Crippen molar-refractivity contribution >= 4 is 57.6 Å². The van der Waals surface area contributed by atoms with Gasteiger partial charge in [0, 0.05) is 28.7 Å². The molecule has 4 atom stereocenters. The van der Waals surface area contributed by atoms with Crippen molar-refractivity contribution < 1.29 is 39.1 Å². The minimum Gasteiger partial charge on any atom is -0.504 e. The fourth-order valence-electron chi connectivity index (χ4n) is 6.58.